The molecule has 102 valence electrons. The van der Waals surface area contributed by atoms with Crippen molar-refractivity contribution in [2.75, 3.05) is 0 Å². The van der Waals surface area contributed by atoms with Crippen LogP contribution in [0.1, 0.15) is 42.9 Å². The van der Waals surface area contributed by atoms with E-state index >= 15 is 0 Å². The summed E-state index contributed by atoms with van der Waals surface area (Å²) in [5, 5.41) is 3.19. The quantitative estimate of drug-likeness (QED) is 0.889. The number of imidazole rings is 1. The Balaban J connectivity index is 2.16. The number of halogens is 2. The molecule has 0 bridgehead atoms. The number of hydrogen-bond donors (Lipinski definition) is 2. The number of hydrogen-bond acceptors (Lipinski definition) is 2. The Morgan fingerprint density at radius 3 is 2.53 bits per heavy atom. The molecule has 2 atom stereocenters. The van der Waals surface area contributed by atoms with Crippen LogP contribution in [0.5, 0.6) is 0 Å². The Morgan fingerprint density at radius 1 is 1.16 bits per heavy atom. The van der Waals surface area contributed by atoms with E-state index in [2.05, 4.69) is 15.3 Å². The van der Waals surface area contributed by atoms with Crippen molar-refractivity contribution < 1.29 is 8.78 Å². The fourth-order valence-electron chi connectivity index (χ4n) is 2.05. The van der Waals surface area contributed by atoms with Crippen LogP contribution in [0.2, 0.25) is 0 Å². The van der Waals surface area contributed by atoms with Crippen LogP contribution >= 0.6 is 0 Å². The minimum absolute atomic E-state index is 0.0752. The van der Waals surface area contributed by atoms with E-state index in [9.17, 15) is 8.78 Å². The summed E-state index contributed by atoms with van der Waals surface area (Å²) in [6.45, 7) is 5.26. The first kappa shape index (κ1) is 13.7. The summed E-state index contributed by atoms with van der Waals surface area (Å²) >= 11 is 0. The van der Waals surface area contributed by atoms with Crippen molar-refractivity contribution in [1.82, 2.24) is 15.3 Å². The molecule has 0 radical (unpaired) electrons. The lowest BCUT2D eigenvalue weighted by Gasteiger charge is -2.20. The van der Waals surface area contributed by atoms with Gasteiger partial charge < -0.3 is 10.3 Å². The van der Waals surface area contributed by atoms with Crippen molar-refractivity contribution >= 4 is 0 Å². The summed E-state index contributed by atoms with van der Waals surface area (Å²) in [6.07, 6.45) is 3.38. The van der Waals surface area contributed by atoms with Gasteiger partial charge >= 0.3 is 0 Å². The standard InChI is InChI=1S/C14H17F2N3/c1-8-6-13(16)11(7-12(8)15)9(2)19-10(3)14-17-4-5-18-14/h4-7,9-10,19H,1-3H3,(H,17,18). The number of benzene rings is 1. The highest BCUT2D eigenvalue weighted by Gasteiger charge is 2.17. The number of aryl methyl sites for hydroxylation is 1. The summed E-state index contributed by atoms with van der Waals surface area (Å²) in [5.74, 6) is -0.0268. The lowest BCUT2D eigenvalue weighted by atomic mass is 10.0. The zero-order valence-electron chi connectivity index (χ0n) is 11.2. The van der Waals surface area contributed by atoms with Gasteiger partial charge in [0.15, 0.2) is 0 Å². The summed E-state index contributed by atoms with van der Waals surface area (Å²) < 4.78 is 27.4. The molecule has 2 aromatic rings. The van der Waals surface area contributed by atoms with E-state index in [-0.39, 0.29) is 12.1 Å². The van der Waals surface area contributed by atoms with Crippen LogP contribution in [0.4, 0.5) is 8.78 Å². The van der Waals surface area contributed by atoms with Crippen LogP contribution in [-0.4, -0.2) is 9.97 Å². The highest BCUT2D eigenvalue weighted by atomic mass is 19.1. The summed E-state index contributed by atoms with van der Waals surface area (Å²) in [4.78, 5) is 7.12. The molecule has 0 aliphatic heterocycles. The van der Waals surface area contributed by atoms with E-state index in [4.69, 9.17) is 0 Å². The average Bonchev–Trinajstić information content (AvgIpc) is 2.87. The zero-order chi connectivity index (χ0) is 14.0. The van der Waals surface area contributed by atoms with Crippen LogP contribution in [0.25, 0.3) is 0 Å². The monoisotopic (exact) mass is 265 g/mol. The zero-order valence-corrected chi connectivity index (χ0v) is 11.2. The van der Waals surface area contributed by atoms with Gasteiger partial charge in [-0.1, -0.05) is 0 Å². The smallest absolute Gasteiger partial charge is 0.128 e. The second-order valence-electron chi connectivity index (χ2n) is 4.71. The third-order valence-corrected chi connectivity index (χ3v) is 3.17. The molecule has 3 nitrogen and oxygen atoms in total. The molecule has 0 aliphatic carbocycles. The number of H-pyrrole nitrogens is 1. The molecule has 1 aromatic carbocycles. The highest BCUT2D eigenvalue weighted by molar-refractivity contribution is 5.27. The van der Waals surface area contributed by atoms with Crippen molar-refractivity contribution in [1.29, 1.82) is 0 Å². The third-order valence-electron chi connectivity index (χ3n) is 3.17. The van der Waals surface area contributed by atoms with Crippen molar-refractivity contribution in [3.63, 3.8) is 0 Å². The summed E-state index contributed by atoms with van der Waals surface area (Å²) in [6, 6.07) is 2.08. The van der Waals surface area contributed by atoms with Crippen LogP contribution in [0.3, 0.4) is 0 Å². The fraction of sp³-hybridized carbons (Fsp3) is 0.357. The normalized spacial score (nSPS) is 14.4. The van der Waals surface area contributed by atoms with Gasteiger partial charge in [0.2, 0.25) is 0 Å². The average molecular weight is 265 g/mol. The summed E-state index contributed by atoms with van der Waals surface area (Å²) in [7, 11) is 0. The number of nitrogens with one attached hydrogen (secondary N) is 2. The Hall–Kier alpha value is -1.75. The largest absolute Gasteiger partial charge is 0.347 e. The molecular weight excluding hydrogens is 248 g/mol. The second kappa shape index (κ2) is 5.48. The maximum absolute atomic E-state index is 13.8. The SMILES string of the molecule is Cc1cc(F)c(C(C)NC(C)c2ncc[nH]2)cc1F. The first-order chi connectivity index (χ1) is 8.99. The van der Waals surface area contributed by atoms with Gasteiger partial charge in [-0.25, -0.2) is 13.8 Å². The van der Waals surface area contributed by atoms with E-state index in [0.29, 0.717) is 11.1 Å². The molecule has 1 aromatic heterocycles. The van der Waals surface area contributed by atoms with Gasteiger partial charge in [0.1, 0.15) is 17.5 Å². The number of aromatic amines is 1. The molecule has 0 saturated heterocycles. The van der Waals surface area contributed by atoms with E-state index in [1.807, 2.05) is 6.92 Å². The number of aromatic nitrogens is 2. The molecule has 2 unspecified atom stereocenters. The highest BCUT2D eigenvalue weighted by Crippen LogP contribution is 2.22. The fourth-order valence-corrected chi connectivity index (χ4v) is 2.05. The van der Waals surface area contributed by atoms with Gasteiger partial charge in [-0.3, -0.25) is 0 Å². The summed E-state index contributed by atoms with van der Waals surface area (Å²) in [5.41, 5.74) is 0.633. The Bertz CT molecular complexity index is 552. The minimum Gasteiger partial charge on any atom is -0.347 e. The molecule has 2 rings (SSSR count). The third kappa shape index (κ3) is 2.98. The number of nitrogens with zero attached hydrogens (tertiary/aromatic N) is 1. The molecule has 19 heavy (non-hydrogen) atoms. The molecule has 2 N–H and O–H groups in total. The molecule has 0 amide bonds. The van der Waals surface area contributed by atoms with Crippen molar-refractivity contribution in [3.05, 3.63) is 53.1 Å². The van der Waals surface area contributed by atoms with Gasteiger partial charge in [0.25, 0.3) is 0 Å². The topological polar surface area (TPSA) is 40.7 Å². The van der Waals surface area contributed by atoms with Crippen molar-refractivity contribution in [2.24, 2.45) is 0 Å². The maximum atomic E-state index is 13.8. The molecule has 0 saturated carbocycles. The van der Waals surface area contributed by atoms with Crippen LogP contribution in [-0.2, 0) is 0 Å². The molecule has 0 fully saturated rings. The van der Waals surface area contributed by atoms with E-state index < -0.39 is 11.6 Å². The lowest BCUT2D eigenvalue weighted by molar-refractivity contribution is 0.458. The molecule has 0 spiro atoms. The molecule has 0 aliphatic rings. The van der Waals surface area contributed by atoms with Gasteiger partial charge in [-0.05, 0) is 38.5 Å². The first-order valence-corrected chi connectivity index (χ1v) is 6.20. The van der Waals surface area contributed by atoms with Crippen LogP contribution in [0, 0.1) is 18.6 Å². The lowest BCUT2D eigenvalue weighted by Crippen LogP contribution is -2.24. The van der Waals surface area contributed by atoms with Gasteiger partial charge in [0.05, 0.1) is 6.04 Å². The van der Waals surface area contributed by atoms with Gasteiger partial charge in [-0.2, -0.15) is 0 Å². The van der Waals surface area contributed by atoms with Crippen molar-refractivity contribution in [3.8, 4) is 0 Å². The Morgan fingerprint density at radius 2 is 1.89 bits per heavy atom. The van der Waals surface area contributed by atoms with E-state index in [1.54, 1.807) is 26.2 Å². The van der Waals surface area contributed by atoms with E-state index in [1.165, 1.54) is 12.1 Å². The Kier molecular flexibility index (Phi) is 3.95. The van der Waals surface area contributed by atoms with Crippen LogP contribution < -0.4 is 5.32 Å². The van der Waals surface area contributed by atoms with Gasteiger partial charge in [0, 0.05) is 24.0 Å². The second-order valence-corrected chi connectivity index (χ2v) is 4.71. The minimum atomic E-state index is -0.398. The molecule has 1 heterocycles. The van der Waals surface area contributed by atoms with Crippen LogP contribution in [0.15, 0.2) is 24.5 Å². The molecular formula is C14H17F2N3. The molecule has 5 heteroatoms. The predicted octanol–water partition coefficient (Wildman–Crippen LogP) is 3.41. The van der Waals surface area contributed by atoms with Gasteiger partial charge in [-0.15, -0.1) is 0 Å². The number of rotatable bonds is 4. The van der Waals surface area contributed by atoms with E-state index in [0.717, 1.165) is 5.82 Å². The maximum Gasteiger partial charge on any atom is 0.128 e. The van der Waals surface area contributed by atoms with Crippen molar-refractivity contribution in [2.45, 2.75) is 32.9 Å². The Labute approximate surface area is 111 Å². The first-order valence-electron chi connectivity index (χ1n) is 6.20. The predicted molar refractivity (Wildman–Crippen MR) is 69.6 cm³/mol.